The van der Waals surface area contributed by atoms with Crippen LogP contribution in [0.25, 0.3) is 0 Å². The summed E-state index contributed by atoms with van der Waals surface area (Å²) >= 11 is 9.07. The van der Waals surface area contributed by atoms with Crippen molar-refractivity contribution in [2.24, 2.45) is 0 Å². The van der Waals surface area contributed by atoms with Crippen molar-refractivity contribution in [3.8, 4) is 0 Å². The minimum atomic E-state index is -3.60. The van der Waals surface area contributed by atoms with Gasteiger partial charge in [-0.15, -0.1) is 0 Å². The van der Waals surface area contributed by atoms with Gasteiger partial charge in [-0.3, -0.25) is 9.10 Å². The molecule has 122 valence electrons. The van der Waals surface area contributed by atoms with Gasteiger partial charge >= 0.3 is 0 Å². The van der Waals surface area contributed by atoms with Crippen LogP contribution in [0, 0.1) is 0 Å². The number of rotatable bonds is 5. The average Bonchev–Trinajstić information content (AvgIpc) is 2.46. The summed E-state index contributed by atoms with van der Waals surface area (Å²) in [4.78, 5) is 12.2. The molecule has 0 atom stereocenters. The SMILES string of the molecule is CS(=O)(=O)N(CC(=O)Nc1ccc(Cl)cc1)c1cccc(Br)c1. The van der Waals surface area contributed by atoms with E-state index in [9.17, 15) is 13.2 Å². The van der Waals surface area contributed by atoms with Crippen molar-refractivity contribution >= 4 is 54.8 Å². The van der Waals surface area contributed by atoms with Crippen molar-refractivity contribution in [3.63, 3.8) is 0 Å². The zero-order valence-corrected chi connectivity index (χ0v) is 15.3. The Bertz CT molecular complexity index is 810. The Morgan fingerprint density at radius 3 is 2.43 bits per heavy atom. The fourth-order valence-corrected chi connectivity index (χ4v) is 3.26. The predicted octanol–water partition coefficient (Wildman–Crippen LogP) is 3.51. The smallest absolute Gasteiger partial charge is 0.245 e. The monoisotopic (exact) mass is 416 g/mol. The summed E-state index contributed by atoms with van der Waals surface area (Å²) in [7, 11) is -3.60. The molecule has 0 saturated heterocycles. The molecule has 0 aliphatic rings. The lowest BCUT2D eigenvalue weighted by atomic mass is 10.3. The van der Waals surface area contributed by atoms with E-state index >= 15 is 0 Å². The average molecular weight is 418 g/mol. The number of sulfonamides is 1. The van der Waals surface area contributed by atoms with E-state index in [-0.39, 0.29) is 6.54 Å². The number of hydrogen-bond donors (Lipinski definition) is 1. The number of hydrogen-bond acceptors (Lipinski definition) is 3. The van der Waals surface area contributed by atoms with Gasteiger partial charge in [0.2, 0.25) is 15.9 Å². The standard InChI is InChI=1S/C15H14BrClN2O3S/c1-23(21,22)19(14-4-2-3-11(16)9-14)10-15(20)18-13-7-5-12(17)6-8-13/h2-9H,10H2,1H3,(H,18,20). The first-order valence-corrected chi connectivity index (χ1v) is 9.56. The fraction of sp³-hybridized carbons (Fsp3) is 0.133. The number of carbonyl (C=O) groups excluding carboxylic acids is 1. The molecule has 2 aromatic carbocycles. The Kier molecular flexibility index (Phi) is 5.67. The quantitative estimate of drug-likeness (QED) is 0.809. The lowest BCUT2D eigenvalue weighted by Crippen LogP contribution is -2.37. The van der Waals surface area contributed by atoms with Gasteiger partial charge in [-0.2, -0.15) is 0 Å². The summed E-state index contributed by atoms with van der Waals surface area (Å²) in [5, 5.41) is 3.19. The van der Waals surface area contributed by atoms with Crippen molar-refractivity contribution < 1.29 is 13.2 Å². The zero-order chi connectivity index (χ0) is 17.0. The topological polar surface area (TPSA) is 66.5 Å². The number of nitrogens with one attached hydrogen (secondary N) is 1. The third-order valence-corrected chi connectivity index (χ3v) is 4.80. The van der Waals surface area contributed by atoms with Crippen LogP contribution in [-0.4, -0.2) is 27.1 Å². The van der Waals surface area contributed by atoms with Gasteiger partial charge in [0.05, 0.1) is 11.9 Å². The second kappa shape index (κ2) is 7.33. The molecule has 0 radical (unpaired) electrons. The van der Waals surface area contributed by atoms with Crippen LogP contribution in [0.4, 0.5) is 11.4 Å². The van der Waals surface area contributed by atoms with Crippen LogP contribution < -0.4 is 9.62 Å². The Morgan fingerprint density at radius 1 is 1.22 bits per heavy atom. The van der Waals surface area contributed by atoms with E-state index < -0.39 is 15.9 Å². The highest BCUT2D eigenvalue weighted by Gasteiger charge is 2.21. The molecule has 0 aliphatic heterocycles. The molecule has 5 nitrogen and oxygen atoms in total. The molecule has 0 aliphatic carbocycles. The second-order valence-corrected chi connectivity index (χ2v) is 8.06. The first-order valence-electron chi connectivity index (χ1n) is 6.54. The molecule has 1 amide bonds. The fourth-order valence-electron chi connectivity index (χ4n) is 1.90. The van der Waals surface area contributed by atoms with E-state index in [1.807, 2.05) is 0 Å². The lowest BCUT2D eigenvalue weighted by molar-refractivity contribution is -0.114. The summed E-state index contributed by atoms with van der Waals surface area (Å²) in [5.41, 5.74) is 0.954. The van der Waals surface area contributed by atoms with Gasteiger partial charge in [0.25, 0.3) is 0 Å². The summed E-state index contributed by atoms with van der Waals surface area (Å²) in [6.45, 7) is -0.322. The predicted molar refractivity (Wildman–Crippen MR) is 96.4 cm³/mol. The largest absolute Gasteiger partial charge is 0.325 e. The summed E-state index contributed by atoms with van der Waals surface area (Å²) < 4.78 is 25.7. The highest BCUT2D eigenvalue weighted by atomic mass is 79.9. The Hall–Kier alpha value is -1.57. The minimum absolute atomic E-state index is 0.322. The van der Waals surface area contributed by atoms with E-state index in [2.05, 4.69) is 21.2 Å². The number of nitrogens with zero attached hydrogens (tertiary/aromatic N) is 1. The van der Waals surface area contributed by atoms with Crippen LogP contribution >= 0.6 is 27.5 Å². The molecule has 0 fully saturated rings. The van der Waals surface area contributed by atoms with Crippen molar-refractivity contribution in [1.82, 2.24) is 0 Å². The summed E-state index contributed by atoms with van der Waals surface area (Å²) in [6, 6.07) is 13.3. The maximum absolute atomic E-state index is 12.2. The molecule has 8 heteroatoms. The van der Waals surface area contributed by atoms with Crippen molar-refractivity contribution in [3.05, 3.63) is 58.0 Å². The van der Waals surface area contributed by atoms with Gasteiger partial charge < -0.3 is 5.32 Å². The van der Waals surface area contributed by atoms with E-state index in [1.165, 1.54) is 0 Å². The molecule has 0 heterocycles. The van der Waals surface area contributed by atoms with Crippen LogP contribution in [0.5, 0.6) is 0 Å². The van der Waals surface area contributed by atoms with Gasteiger partial charge in [0, 0.05) is 15.2 Å². The molecule has 1 N–H and O–H groups in total. The molecular weight excluding hydrogens is 404 g/mol. The summed E-state index contributed by atoms with van der Waals surface area (Å²) in [5.74, 6) is -0.447. The second-order valence-electron chi connectivity index (χ2n) is 4.80. The maximum atomic E-state index is 12.2. The van der Waals surface area contributed by atoms with Crippen LogP contribution in [0.15, 0.2) is 53.0 Å². The maximum Gasteiger partial charge on any atom is 0.245 e. The Labute approximate surface area is 148 Å². The first-order chi connectivity index (χ1) is 10.8. The number of anilines is 2. The normalized spacial score (nSPS) is 11.1. The van der Waals surface area contributed by atoms with E-state index in [1.54, 1.807) is 48.5 Å². The molecule has 2 aromatic rings. The van der Waals surface area contributed by atoms with Gasteiger partial charge in [-0.05, 0) is 42.5 Å². The molecule has 23 heavy (non-hydrogen) atoms. The highest BCUT2D eigenvalue weighted by molar-refractivity contribution is 9.10. The summed E-state index contributed by atoms with van der Waals surface area (Å²) in [6.07, 6.45) is 1.06. The van der Waals surface area contributed by atoms with Crippen molar-refractivity contribution in [1.29, 1.82) is 0 Å². The van der Waals surface area contributed by atoms with E-state index in [4.69, 9.17) is 11.6 Å². The van der Waals surface area contributed by atoms with Crippen LogP contribution in [-0.2, 0) is 14.8 Å². The van der Waals surface area contributed by atoms with E-state index in [0.717, 1.165) is 15.0 Å². The van der Waals surface area contributed by atoms with Crippen molar-refractivity contribution in [2.75, 3.05) is 22.4 Å². The molecule has 0 unspecified atom stereocenters. The van der Waals surface area contributed by atoms with Crippen LogP contribution in [0.3, 0.4) is 0 Å². The van der Waals surface area contributed by atoms with Gasteiger partial charge in [-0.1, -0.05) is 33.6 Å². The number of carbonyl (C=O) groups is 1. The van der Waals surface area contributed by atoms with Gasteiger partial charge in [0.1, 0.15) is 6.54 Å². The molecule has 0 aromatic heterocycles. The third kappa shape index (κ3) is 5.23. The lowest BCUT2D eigenvalue weighted by Gasteiger charge is -2.22. The number of benzene rings is 2. The van der Waals surface area contributed by atoms with Crippen molar-refractivity contribution in [2.45, 2.75) is 0 Å². The molecule has 2 rings (SSSR count). The zero-order valence-electron chi connectivity index (χ0n) is 12.2. The minimum Gasteiger partial charge on any atom is -0.325 e. The van der Waals surface area contributed by atoms with Crippen LogP contribution in [0.1, 0.15) is 0 Å². The van der Waals surface area contributed by atoms with Crippen LogP contribution in [0.2, 0.25) is 5.02 Å². The number of halogens is 2. The molecule has 0 bridgehead atoms. The number of amides is 1. The van der Waals surface area contributed by atoms with E-state index in [0.29, 0.717) is 16.4 Å². The third-order valence-electron chi connectivity index (χ3n) is 2.91. The Balaban J connectivity index is 2.18. The molecular formula is C15H14BrClN2O3S. The molecule has 0 spiro atoms. The Morgan fingerprint density at radius 2 is 1.87 bits per heavy atom. The van der Waals surface area contributed by atoms with Gasteiger partial charge in [-0.25, -0.2) is 8.42 Å². The first kappa shape index (κ1) is 17.8. The van der Waals surface area contributed by atoms with Gasteiger partial charge in [0.15, 0.2) is 0 Å². The highest BCUT2D eigenvalue weighted by Crippen LogP contribution is 2.22. The molecule has 0 saturated carbocycles.